The second-order valence-corrected chi connectivity index (χ2v) is 5.96. The highest BCUT2D eigenvalue weighted by Crippen LogP contribution is 2.25. The van der Waals surface area contributed by atoms with Crippen LogP contribution in [0.15, 0.2) is 59.7 Å². The first-order chi connectivity index (χ1) is 12.6. The molecule has 0 fully saturated rings. The van der Waals surface area contributed by atoms with E-state index < -0.39 is 17.6 Å². The van der Waals surface area contributed by atoms with E-state index in [0.29, 0.717) is 10.6 Å². The number of halogens is 1. The summed E-state index contributed by atoms with van der Waals surface area (Å²) < 4.78 is 13.0. The molecule has 0 saturated carbocycles. The highest BCUT2D eigenvalue weighted by atomic mass is 32.1. The van der Waals surface area contributed by atoms with Crippen molar-refractivity contribution in [3.05, 3.63) is 66.0 Å². The van der Waals surface area contributed by atoms with Gasteiger partial charge in [-0.1, -0.05) is 53.8 Å². The molecule has 26 heavy (non-hydrogen) atoms. The van der Waals surface area contributed by atoms with E-state index in [9.17, 15) is 14.0 Å². The van der Waals surface area contributed by atoms with E-state index >= 15 is 0 Å². The van der Waals surface area contributed by atoms with Gasteiger partial charge >= 0.3 is 11.8 Å². The molecule has 9 heteroatoms. The number of benzene rings is 2. The van der Waals surface area contributed by atoms with Gasteiger partial charge in [-0.25, -0.2) is 9.82 Å². The fourth-order valence-electron chi connectivity index (χ4n) is 1.93. The maximum absolute atomic E-state index is 13.0. The number of aromatic nitrogens is 2. The molecule has 0 bridgehead atoms. The fourth-order valence-corrected chi connectivity index (χ4v) is 2.67. The first-order valence-corrected chi connectivity index (χ1v) is 8.22. The smallest absolute Gasteiger partial charge is 0.292 e. The summed E-state index contributed by atoms with van der Waals surface area (Å²) in [5.41, 5.74) is 3.36. The van der Waals surface area contributed by atoms with Crippen LogP contribution in [0.1, 0.15) is 5.56 Å². The Bertz CT molecular complexity index is 959. The van der Waals surface area contributed by atoms with E-state index in [2.05, 4.69) is 26.0 Å². The molecule has 0 atom stereocenters. The summed E-state index contributed by atoms with van der Waals surface area (Å²) in [6.45, 7) is 0. The average molecular weight is 369 g/mol. The third kappa shape index (κ3) is 4.54. The quantitative estimate of drug-likeness (QED) is 0.419. The summed E-state index contributed by atoms with van der Waals surface area (Å²) in [5.74, 6) is -2.34. The molecular weight excluding hydrogens is 357 g/mol. The van der Waals surface area contributed by atoms with E-state index in [1.54, 1.807) is 6.07 Å². The van der Waals surface area contributed by atoms with Crippen LogP contribution >= 0.6 is 11.3 Å². The summed E-state index contributed by atoms with van der Waals surface area (Å²) in [7, 11) is 0. The van der Waals surface area contributed by atoms with Gasteiger partial charge in [0.2, 0.25) is 5.13 Å². The molecule has 2 N–H and O–H groups in total. The minimum Gasteiger partial charge on any atom is -0.292 e. The van der Waals surface area contributed by atoms with Crippen molar-refractivity contribution in [1.29, 1.82) is 0 Å². The third-order valence-corrected chi connectivity index (χ3v) is 3.99. The number of rotatable bonds is 4. The predicted octanol–water partition coefficient (Wildman–Crippen LogP) is 2.43. The zero-order chi connectivity index (χ0) is 18.4. The minimum atomic E-state index is -0.978. The molecule has 0 saturated heterocycles. The molecule has 1 heterocycles. The molecule has 2 amide bonds. The lowest BCUT2D eigenvalue weighted by Crippen LogP contribution is -2.32. The van der Waals surface area contributed by atoms with Crippen LogP contribution in [0.3, 0.4) is 0 Å². The van der Waals surface area contributed by atoms with Crippen molar-refractivity contribution in [2.45, 2.75) is 0 Å². The summed E-state index contributed by atoms with van der Waals surface area (Å²) >= 11 is 1.14. The Morgan fingerprint density at radius 2 is 1.85 bits per heavy atom. The van der Waals surface area contributed by atoms with Gasteiger partial charge in [0.05, 0.1) is 6.21 Å². The van der Waals surface area contributed by atoms with Crippen molar-refractivity contribution >= 4 is 34.5 Å². The van der Waals surface area contributed by atoms with Gasteiger partial charge in [-0.15, -0.1) is 10.2 Å². The number of carbonyl (C=O) groups is 2. The lowest BCUT2D eigenvalue weighted by atomic mass is 10.2. The van der Waals surface area contributed by atoms with Crippen molar-refractivity contribution in [2.75, 3.05) is 5.32 Å². The predicted molar refractivity (Wildman–Crippen MR) is 96.1 cm³/mol. The van der Waals surface area contributed by atoms with Gasteiger partial charge in [-0.3, -0.25) is 14.9 Å². The standard InChI is InChI=1S/C17H12FN5O2S/c18-13-8-4-5-11(9-13)10-19-21-15(25)14(24)20-17-23-22-16(26-17)12-6-2-1-3-7-12/h1-10H,(H,21,25)(H,20,23,24)/b19-10-. The average Bonchev–Trinajstić information content (AvgIpc) is 3.11. The number of amides is 2. The van der Waals surface area contributed by atoms with E-state index in [-0.39, 0.29) is 5.13 Å². The van der Waals surface area contributed by atoms with Gasteiger partial charge in [0.25, 0.3) is 0 Å². The van der Waals surface area contributed by atoms with E-state index in [4.69, 9.17) is 0 Å². The number of hydrogen-bond donors (Lipinski definition) is 2. The Balaban J connectivity index is 1.56. The molecule has 0 radical (unpaired) electrons. The maximum Gasteiger partial charge on any atom is 0.329 e. The second-order valence-electron chi connectivity index (χ2n) is 4.99. The van der Waals surface area contributed by atoms with Gasteiger partial charge in [0.1, 0.15) is 10.8 Å². The van der Waals surface area contributed by atoms with Crippen molar-refractivity contribution in [2.24, 2.45) is 5.10 Å². The molecule has 1 aromatic heterocycles. The Labute approximate surface area is 151 Å². The molecule has 130 valence electrons. The molecule has 3 rings (SSSR count). The Hall–Kier alpha value is -3.46. The monoisotopic (exact) mass is 369 g/mol. The van der Waals surface area contributed by atoms with Crippen LogP contribution in [0.2, 0.25) is 0 Å². The van der Waals surface area contributed by atoms with Crippen LogP contribution in [0.5, 0.6) is 0 Å². The molecule has 7 nitrogen and oxygen atoms in total. The molecule has 0 aliphatic heterocycles. The molecule has 0 aliphatic carbocycles. The van der Waals surface area contributed by atoms with Crippen molar-refractivity contribution in [3.63, 3.8) is 0 Å². The highest BCUT2D eigenvalue weighted by Gasteiger charge is 2.16. The zero-order valence-corrected chi connectivity index (χ0v) is 14.0. The van der Waals surface area contributed by atoms with Crippen LogP contribution in [0.4, 0.5) is 9.52 Å². The van der Waals surface area contributed by atoms with Crippen LogP contribution in [0, 0.1) is 5.82 Å². The number of hydrogen-bond acceptors (Lipinski definition) is 6. The molecule has 3 aromatic rings. The first kappa shape index (κ1) is 17.4. The van der Waals surface area contributed by atoms with Crippen molar-refractivity contribution < 1.29 is 14.0 Å². The number of anilines is 1. The molecule has 0 aliphatic rings. The largest absolute Gasteiger partial charge is 0.329 e. The summed E-state index contributed by atoms with van der Waals surface area (Å²) in [6.07, 6.45) is 1.23. The van der Waals surface area contributed by atoms with Gasteiger partial charge in [-0.2, -0.15) is 5.10 Å². The zero-order valence-electron chi connectivity index (χ0n) is 13.2. The van der Waals surface area contributed by atoms with Gasteiger partial charge in [0, 0.05) is 5.56 Å². The lowest BCUT2D eigenvalue weighted by molar-refractivity contribution is -0.136. The number of carbonyl (C=O) groups excluding carboxylic acids is 2. The molecule has 0 unspecified atom stereocenters. The molecule has 2 aromatic carbocycles. The summed E-state index contributed by atoms with van der Waals surface area (Å²) in [6, 6.07) is 15.0. The van der Waals surface area contributed by atoms with Crippen LogP contribution in [-0.4, -0.2) is 28.2 Å². The molecule has 0 spiro atoms. The van der Waals surface area contributed by atoms with Crippen molar-refractivity contribution in [1.82, 2.24) is 15.6 Å². The van der Waals surface area contributed by atoms with Crippen LogP contribution < -0.4 is 10.7 Å². The third-order valence-electron chi connectivity index (χ3n) is 3.10. The Morgan fingerprint density at radius 3 is 2.62 bits per heavy atom. The number of hydrazone groups is 1. The Kier molecular flexibility index (Phi) is 5.40. The van der Waals surface area contributed by atoms with Crippen LogP contribution in [-0.2, 0) is 9.59 Å². The number of nitrogens with one attached hydrogen (secondary N) is 2. The lowest BCUT2D eigenvalue weighted by Gasteiger charge is -1.99. The first-order valence-electron chi connectivity index (χ1n) is 7.41. The maximum atomic E-state index is 13.0. The normalized spacial score (nSPS) is 10.7. The minimum absolute atomic E-state index is 0.193. The second kappa shape index (κ2) is 8.08. The van der Waals surface area contributed by atoms with Crippen LogP contribution in [0.25, 0.3) is 10.6 Å². The van der Waals surface area contributed by atoms with Gasteiger partial charge < -0.3 is 0 Å². The highest BCUT2D eigenvalue weighted by molar-refractivity contribution is 7.18. The van der Waals surface area contributed by atoms with E-state index in [1.807, 2.05) is 30.3 Å². The van der Waals surface area contributed by atoms with E-state index in [0.717, 1.165) is 16.9 Å². The summed E-state index contributed by atoms with van der Waals surface area (Å²) in [5, 5.41) is 14.6. The van der Waals surface area contributed by atoms with Gasteiger partial charge in [-0.05, 0) is 17.7 Å². The summed E-state index contributed by atoms with van der Waals surface area (Å²) in [4.78, 5) is 23.6. The van der Waals surface area contributed by atoms with Gasteiger partial charge in [0.15, 0.2) is 0 Å². The fraction of sp³-hybridized carbons (Fsp3) is 0. The molecular formula is C17H12FN5O2S. The topological polar surface area (TPSA) is 96.3 Å². The van der Waals surface area contributed by atoms with E-state index in [1.165, 1.54) is 24.4 Å². The SMILES string of the molecule is O=C(N/N=C\c1cccc(F)c1)C(=O)Nc1nnc(-c2ccccc2)s1. The van der Waals surface area contributed by atoms with Crippen molar-refractivity contribution in [3.8, 4) is 10.6 Å². The Morgan fingerprint density at radius 1 is 1.04 bits per heavy atom. The number of nitrogens with zero attached hydrogens (tertiary/aromatic N) is 3.